The summed E-state index contributed by atoms with van der Waals surface area (Å²) in [6, 6.07) is 5.63. The zero-order chi connectivity index (χ0) is 11.0. The molecule has 1 heterocycles. The van der Waals surface area contributed by atoms with Gasteiger partial charge in [-0.05, 0) is 19.9 Å². The van der Waals surface area contributed by atoms with Gasteiger partial charge in [0.05, 0.1) is 5.69 Å². The molecular weight excluding hydrogens is 190 g/mol. The Labute approximate surface area is 88.3 Å². The van der Waals surface area contributed by atoms with Gasteiger partial charge in [-0.3, -0.25) is 4.68 Å². The molecule has 1 aromatic heterocycles. The summed E-state index contributed by atoms with van der Waals surface area (Å²) in [5.74, 6) is 0.210. The third-order valence-electron chi connectivity index (χ3n) is 2.49. The standard InChI is InChI=1S/C11H15N3O/c1-7(2)14-9(6-12)8-4-3-5-10(15)11(8)13-14/h3-5,7,15H,6,12H2,1-2H3. The van der Waals surface area contributed by atoms with Crippen molar-refractivity contribution in [3.63, 3.8) is 0 Å². The summed E-state index contributed by atoms with van der Waals surface area (Å²) in [4.78, 5) is 0. The fourth-order valence-corrected chi connectivity index (χ4v) is 1.79. The van der Waals surface area contributed by atoms with E-state index < -0.39 is 0 Å². The van der Waals surface area contributed by atoms with E-state index in [0.29, 0.717) is 12.1 Å². The maximum Gasteiger partial charge on any atom is 0.143 e. The van der Waals surface area contributed by atoms with Gasteiger partial charge in [0.1, 0.15) is 11.3 Å². The highest BCUT2D eigenvalue weighted by atomic mass is 16.3. The van der Waals surface area contributed by atoms with E-state index in [-0.39, 0.29) is 11.8 Å². The van der Waals surface area contributed by atoms with E-state index in [9.17, 15) is 5.11 Å². The topological polar surface area (TPSA) is 64.1 Å². The number of benzene rings is 1. The molecule has 4 heteroatoms. The molecule has 0 bridgehead atoms. The number of nitrogens with zero attached hydrogens (tertiary/aromatic N) is 2. The van der Waals surface area contributed by atoms with Crippen molar-refractivity contribution in [2.24, 2.45) is 5.73 Å². The number of aromatic nitrogens is 2. The number of nitrogens with two attached hydrogens (primary N) is 1. The second-order valence-corrected chi connectivity index (χ2v) is 3.86. The van der Waals surface area contributed by atoms with Crippen molar-refractivity contribution in [2.75, 3.05) is 0 Å². The first-order valence-corrected chi connectivity index (χ1v) is 5.04. The van der Waals surface area contributed by atoms with Crippen molar-refractivity contribution in [2.45, 2.75) is 26.4 Å². The lowest BCUT2D eigenvalue weighted by Gasteiger charge is -2.08. The molecule has 0 aliphatic heterocycles. The molecule has 0 unspecified atom stereocenters. The third-order valence-corrected chi connectivity index (χ3v) is 2.49. The average Bonchev–Trinajstić information content (AvgIpc) is 2.57. The minimum absolute atomic E-state index is 0.210. The molecule has 0 spiro atoms. The Morgan fingerprint density at radius 3 is 2.80 bits per heavy atom. The molecule has 0 atom stereocenters. The number of fused-ring (bicyclic) bond motifs is 1. The van der Waals surface area contributed by atoms with Crippen LogP contribution in [0.5, 0.6) is 5.75 Å². The minimum atomic E-state index is 0.210. The number of aromatic hydroxyl groups is 1. The lowest BCUT2D eigenvalue weighted by molar-refractivity contribution is 0.475. The molecule has 1 aromatic carbocycles. The maximum atomic E-state index is 9.67. The number of phenolic OH excluding ortho intramolecular Hbond substituents is 1. The summed E-state index contributed by atoms with van der Waals surface area (Å²) in [7, 11) is 0. The summed E-state index contributed by atoms with van der Waals surface area (Å²) in [6.07, 6.45) is 0. The number of hydrogen-bond acceptors (Lipinski definition) is 3. The fourth-order valence-electron chi connectivity index (χ4n) is 1.79. The van der Waals surface area contributed by atoms with Crippen LogP contribution in [-0.4, -0.2) is 14.9 Å². The molecule has 0 fully saturated rings. The Bertz CT molecular complexity index is 488. The molecule has 0 aliphatic carbocycles. The van der Waals surface area contributed by atoms with Gasteiger partial charge in [0.15, 0.2) is 0 Å². The molecule has 2 rings (SSSR count). The van der Waals surface area contributed by atoms with Gasteiger partial charge in [0.25, 0.3) is 0 Å². The second kappa shape index (κ2) is 3.55. The van der Waals surface area contributed by atoms with Crippen molar-refractivity contribution < 1.29 is 5.11 Å². The number of hydrogen-bond donors (Lipinski definition) is 2. The van der Waals surface area contributed by atoms with Crippen molar-refractivity contribution in [1.82, 2.24) is 9.78 Å². The van der Waals surface area contributed by atoms with Crippen LogP contribution >= 0.6 is 0 Å². The summed E-state index contributed by atoms with van der Waals surface area (Å²) < 4.78 is 1.87. The predicted octanol–water partition coefficient (Wildman–Crippen LogP) is 1.78. The highest BCUT2D eigenvalue weighted by molar-refractivity contribution is 5.86. The first-order valence-electron chi connectivity index (χ1n) is 5.04. The molecule has 2 aromatic rings. The van der Waals surface area contributed by atoms with Gasteiger partial charge in [0.2, 0.25) is 0 Å². The largest absolute Gasteiger partial charge is 0.506 e. The smallest absolute Gasteiger partial charge is 0.143 e. The minimum Gasteiger partial charge on any atom is -0.506 e. The van der Waals surface area contributed by atoms with Crippen LogP contribution in [0, 0.1) is 0 Å². The van der Waals surface area contributed by atoms with E-state index in [0.717, 1.165) is 11.1 Å². The maximum absolute atomic E-state index is 9.67. The van der Waals surface area contributed by atoms with Gasteiger partial charge >= 0.3 is 0 Å². The second-order valence-electron chi connectivity index (χ2n) is 3.86. The Hall–Kier alpha value is -1.55. The molecular formula is C11H15N3O. The average molecular weight is 205 g/mol. The van der Waals surface area contributed by atoms with Gasteiger partial charge in [-0.2, -0.15) is 5.10 Å². The van der Waals surface area contributed by atoms with E-state index in [4.69, 9.17) is 5.73 Å². The normalized spacial score (nSPS) is 11.5. The van der Waals surface area contributed by atoms with Crippen LogP contribution in [0.1, 0.15) is 25.6 Å². The highest BCUT2D eigenvalue weighted by Crippen LogP contribution is 2.27. The molecule has 0 saturated heterocycles. The Balaban J connectivity index is 2.78. The van der Waals surface area contributed by atoms with Crippen molar-refractivity contribution in [3.8, 4) is 5.75 Å². The molecule has 0 saturated carbocycles. The molecule has 0 aliphatic rings. The first-order chi connectivity index (χ1) is 7.15. The van der Waals surface area contributed by atoms with Crippen LogP contribution in [0.25, 0.3) is 10.9 Å². The van der Waals surface area contributed by atoms with Crippen molar-refractivity contribution >= 4 is 10.9 Å². The summed E-state index contributed by atoms with van der Waals surface area (Å²) in [5.41, 5.74) is 7.31. The van der Waals surface area contributed by atoms with Crippen LogP contribution in [-0.2, 0) is 6.54 Å². The van der Waals surface area contributed by atoms with Gasteiger partial charge in [-0.25, -0.2) is 0 Å². The third kappa shape index (κ3) is 1.47. The van der Waals surface area contributed by atoms with Crippen molar-refractivity contribution in [3.05, 3.63) is 23.9 Å². The van der Waals surface area contributed by atoms with E-state index in [1.165, 1.54) is 0 Å². The predicted molar refractivity (Wildman–Crippen MR) is 59.7 cm³/mol. The van der Waals surface area contributed by atoms with Gasteiger partial charge in [0, 0.05) is 18.0 Å². The Morgan fingerprint density at radius 1 is 1.47 bits per heavy atom. The van der Waals surface area contributed by atoms with E-state index in [2.05, 4.69) is 5.10 Å². The number of phenols is 1. The quantitative estimate of drug-likeness (QED) is 0.785. The lowest BCUT2D eigenvalue weighted by Crippen LogP contribution is -2.10. The SMILES string of the molecule is CC(C)n1nc2c(O)cccc2c1CN. The highest BCUT2D eigenvalue weighted by Gasteiger charge is 2.13. The molecule has 15 heavy (non-hydrogen) atoms. The van der Waals surface area contributed by atoms with E-state index in [1.807, 2.05) is 30.7 Å². The summed E-state index contributed by atoms with van der Waals surface area (Å²) in [6.45, 7) is 4.52. The van der Waals surface area contributed by atoms with Gasteiger partial charge < -0.3 is 10.8 Å². The molecule has 80 valence electrons. The molecule has 0 amide bonds. The first kappa shape index (κ1) is 9.98. The summed E-state index contributed by atoms with van der Waals surface area (Å²) >= 11 is 0. The zero-order valence-electron chi connectivity index (χ0n) is 8.94. The zero-order valence-corrected chi connectivity index (χ0v) is 8.94. The van der Waals surface area contributed by atoms with Crippen LogP contribution < -0.4 is 5.73 Å². The Morgan fingerprint density at radius 2 is 2.20 bits per heavy atom. The monoisotopic (exact) mass is 205 g/mol. The van der Waals surface area contributed by atoms with Crippen LogP contribution in [0.15, 0.2) is 18.2 Å². The van der Waals surface area contributed by atoms with E-state index in [1.54, 1.807) is 6.07 Å². The Kier molecular flexibility index (Phi) is 2.36. The van der Waals surface area contributed by atoms with E-state index >= 15 is 0 Å². The summed E-state index contributed by atoms with van der Waals surface area (Å²) in [5, 5.41) is 15.0. The lowest BCUT2D eigenvalue weighted by atomic mass is 10.2. The van der Waals surface area contributed by atoms with Gasteiger partial charge in [-0.1, -0.05) is 12.1 Å². The molecule has 3 N–H and O–H groups in total. The molecule has 4 nitrogen and oxygen atoms in total. The van der Waals surface area contributed by atoms with Gasteiger partial charge in [-0.15, -0.1) is 0 Å². The van der Waals surface area contributed by atoms with Crippen LogP contribution in [0.4, 0.5) is 0 Å². The molecule has 0 radical (unpaired) electrons. The van der Waals surface area contributed by atoms with Crippen molar-refractivity contribution in [1.29, 1.82) is 0 Å². The van der Waals surface area contributed by atoms with Crippen LogP contribution in [0.3, 0.4) is 0 Å². The fraction of sp³-hybridized carbons (Fsp3) is 0.364. The van der Waals surface area contributed by atoms with Crippen LogP contribution in [0.2, 0.25) is 0 Å². The number of rotatable bonds is 2.